The van der Waals surface area contributed by atoms with Crippen molar-refractivity contribution in [2.45, 2.75) is 103 Å². The first-order chi connectivity index (χ1) is 27.0. The van der Waals surface area contributed by atoms with Gasteiger partial charge >= 0.3 is 0 Å². The van der Waals surface area contributed by atoms with Crippen molar-refractivity contribution in [1.82, 2.24) is 25.9 Å². The summed E-state index contributed by atoms with van der Waals surface area (Å²) < 4.78 is 11.7. The van der Waals surface area contributed by atoms with Gasteiger partial charge in [-0.15, -0.1) is 0 Å². The maximum atomic E-state index is 14.1. The Morgan fingerprint density at radius 2 is 1.50 bits per heavy atom. The molecule has 0 spiro atoms. The molecule has 5 rings (SSSR count). The first-order valence-electron chi connectivity index (χ1n) is 20.1. The van der Waals surface area contributed by atoms with Crippen LogP contribution in [0.15, 0.2) is 78.9 Å². The van der Waals surface area contributed by atoms with Crippen LogP contribution in [0.25, 0.3) is 11.0 Å². The number of imidazole rings is 1. The molecule has 1 saturated carbocycles. The molecule has 12 heteroatoms. The summed E-state index contributed by atoms with van der Waals surface area (Å²) in [5.74, 6) is -1.20. The highest BCUT2D eigenvalue weighted by Gasteiger charge is 2.41. The molecular weight excluding hydrogens is 711 g/mol. The minimum absolute atomic E-state index is 0.142. The molecule has 1 aliphatic carbocycles. The van der Waals surface area contributed by atoms with Crippen LogP contribution >= 0.6 is 0 Å². The number of amides is 3. The molecule has 56 heavy (non-hydrogen) atoms. The highest BCUT2D eigenvalue weighted by Crippen LogP contribution is 2.31. The van der Waals surface area contributed by atoms with Crippen molar-refractivity contribution in [3.63, 3.8) is 0 Å². The van der Waals surface area contributed by atoms with Crippen molar-refractivity contribution in [1.29, 1.82) is 0 Å². The van der Waals surface area contributed by atoms with Gasteiger partial charge < -0.3 is 40.6 Å². The van der Waals surface area contributed by atoms with Crippen LogP contribution in [0.3, 0.4) is 0 Å². The standard InChI is InChI=1S/C44H59N5O7/c1-5-29(4)39(44(54)45-27-37-46-33-21-13-14-22-34(33)47-37)49-43(53)38(28(2)3)41(51)40(50)35(26-30-16-8-6-9-17-30)48-42(52)32-20-12-15-23-36(32)56-25-24-55-31-18-10-7-11-19-31/h7,10-15,18-23,28-30,35,38-41,50-51H,5-6,8-9,16-17,24-27H2,1-4H3,(H,45,54)(H,46,47)(H,48,52)(H,49,53)/t29-,35-,38+,39-,40+,41+/m0/s1. The molecule has 4 aromatic rings. The predicted molar refractivity (Wildman–Crippen MR) is 216 cm³/mol. The molecule has 3 aromatic carbocycles. The van der Waals surface area contributed by atoms with Crippen LogP contribution < -0.4 is 25.4 Å². The third-order valence-corrected chi connectivity index (χ3v) is 10.9. The predicted octanol–water partition coefficient (Wildman–Crippen LogP) is 5.93. The van der Waals surface area contributed by atoms with Crippen molar-refractivity contribution in [2.75, 3.05) is 13.2 Å². The zero-order chi connectivity index (χ0) is 40.0. The molecule has 1 fully saturated rings. The van der Waals surface area contributed by atoms with Crippen LogP contribution in [0.5, 0.6) is 11.5 Å². The highest BCUT2D eigenvalue weighted by atomic mass is 16.5. The summed E-state index contributed by atoms with van der Waals surface area (Å²) in [7, 11) is 0. The van der Waals surface area contributed by atoms with E-state index in [0.29, 0.717) is 30.2 Å². The number of ether oxygens (including phenoxy) is 2. The smallest absolute Gasteiger partial charge is 0.255 e. The number of nitrogens with zero attached hydrogens (tertiary/aromatic N) is 1. The average Bonchev–Trinajstić information content (AvgIpc) is 3.64. The number of fused-ring (bicyclic) bond motifs is 1. The van der Waals surface area contributed by atoms with E-state index in [9.17, 15) is 24.6 Å². The molecule has 3 amide bonds. The second-order valence-corrected chi connectivity index (χ2v) is 15.4. The van der Waals surface area contributed by atoms with E-state index >= 15 is 0 Å². The number of carbonyl (C=O) groups is 3. The van der Waals surface area contributed by atoms with E-state index in [1.807, 2.05) is 68.4 Å². The van der Waals surface area contributed by atoms with Crippen LogP contribution in [0.2, 0.25) is 0 Å². The van der Waals surface area contributed by atoms with Gasteiger partial charge in [-0.3, -0.25) is 14.4 Å². The molecule has 6 N–H and O–H groups in total. The Bertz CT molecular complexity index is 1810. The monoisotopic (exact) mass is 769 g/mol. The lowest BCUT2D eigenvalue weighted by molar-refractivity contribution is -0.140. The summed E-state index contributed by atoms with van der Waals surface area (Å²) in [6.45, 7) is 8.03. The van der Waals surface area contributed by atoms with Gasteiger partial charge in [0.1, 0.15) is 42.7 Å². The number of hydrogen-bond donors (Lipinski definition) is 6. The fraction of sp³-hybridized carbons (Fsp3) is 0.500. The van der Waals surface area contributed by atoms with Gasteiger partial charge in [-0.1, -0.05) is 109 Å². The van der Waals surface area contributed by atoms with Crippen molar-refractivity contribution in [2.24, 2.45) is 23.7 Å². The van der Waals surface area contributed by atoms with Crippen molar-refractivity contribution < 1.29 is 34.1 Å². The molecule has 0 radical (unpaired) electrons. The Hall–Kier alpha value is -4.94. The second-order valence-electron chi connectivity index (χ2n) is 15.4. The number of benzene rings is 3. The lowest BCUT2D eigenvalue weighted by Crippen LogP contribution is -2.57. The van der Waals surface area contributed by atoms with Crippen LogP contribution in [-0.4, -0.2) is 75.4 Å². The lowest BCUT2D eigenvalue weighted by atomic mass is 9.79. The first kappa shape index (κ1) is 42.2. The lowest BCUT2D eigenvalue weighted by Gasteiger charge is -2.36. The van der Waals surface area contributed by atoms with Gasteiger partial charge in [0.05, 0.1) is 41.2 Å². The number of carbonyl (C=O) groups excluding carboxylic acids is 3. The number of aliphatic hydroxyl groups is 2. The summed E-state index contributed by atoms with van der Waals surface area (Å²) in [6.07, 6.45) is 3.17. The summed E-state index contributed by atoms with van der Waals surface area (Å²) in [5.41, 5.74) is 1.93. The number of nitrogens with one attached hydrogen (secondary N) is 4. The average molecular weight is 770 g/mol. The van der Waals surface area contributed by atoms with Gasteiger partial charge in [0.2, 0.25) is 11.8 Å². The van der Waals surface area contributed by atoms with Gasteiger partial charge in [0, 0.05) is 0 Å². The van der Waals surface area contributed by atoms with Gasteiger partial charge in [-0.2, -0.15) is 0 Å². The Kier molecular flexibility index (Phi) is 15.7. The normalized spacial score (nSPS) is 16.6. The maximum Gasteiger partial charge on any atom is 0.255 e. The molecule has 6 atom stereocenters. The van der Waals surface area contributed by atoms with E-state index in [1.165, 1.54) is 0 Å². The van der Waals surface area contributed by atoms with Gasteiger partial charge in [-0.05, 0) is 60.6 Å². The zero-order valence-electron chi connectivity index (χ0n) is 33.1. The summed E-state index contributed by atoms with van der Waals surface area (Å²) in [6, 6.07) is 22.1. The number of rotatable bonds is 20. The van der Waals surface area contributed by atoms with E-state index in [-0.39, 0.29) is 43.1 Å². The van der Waals surface area contributed by atoms with E-state index in [4.69, 9.17) is 9.47 Å². The van der Waals surface area contributed by atoms with Crippen molar-refractivity contribution in [3.05, 3.63) is 90.3 Å². The first-order valence-corrected chi connectivity index (χ1v) is 20.1. The molecule has 0 saturated heterocycles. The second kappa shape index (κ2) is 20.8. The number of hydrogen-bond acceptors (Lipinski definition) is 8. The summed E-state index contributed by atoms with van der Waals surface area (Å²) >= 11 is 0. The van der Waals surface area contributed by atoms with Crippen LogP contribution in [0.4, 0.5) is 0 Å². The summed E-state index contributed by atoms with van der Waals surface area (Å²) in [5, 5.41) is 32.6. The Morgan fingerprint density at radius 3 is 2.21 bits per heavy atom. The number of aromatic amines is 1. The SMILES string of the molecule is CC[C@H](C)[C@H](NC(=O)[C@H](C(C)C)[C@@H](O)[C@H](O)[C@H](CC1CCCCC1)NC(=O)c1ccccc1OCCOc1ccccc1)C(=O)NCc1nc2ccccc2[nH]1. The molecule has 0 unspecified atom stereocenters. The molecule has 302 valence electrons. The Morgan fingerprint density at radius 1 is 0.821 bits per heavy atom. The van der Waals surface area contributed by atoms with Crippen LogP contribution in [0.1, 0.15) is 88.8 Å². The molecule has 12 nitrogen and oxygen atoms in total. The largest absolute Gasteiger partial charge is 0.490 e. The Balaban J connectivity index is 1.27. The number of aliphatic hydroxyl groups excluding tert-OH is 2. The van der Waals surface area contributed by atoms with Crippen LogP contribution in [-0.2, 0) is 16.1 Å². The van der Waals surface area contributed by atoms with Gasteiger partial charge in [-0.25, -0.2) is 4.98 Å². The number of para-hydroxylation sites is 4. The van der Waals surface area contributed by atoms with Gasteiger partial charge in [0.25, 0.3) is 5.91 Å². The molecule has 1 aromatic heterocycles. The van der Waals surface area contributed by atoms with Crippen molar-refractivity contribution >= 4 is 28.8 Å². The molecule has 1 heterocycles. The topological polar surface area (TPSA) is 175 Å². The zero-order valence-corrected chi connectivity index (χ0v) is 33.1. The third kappa shape index (κ3) is 11.5. The molecule has 0 aliphatic heterocycles. The summed E-state index contributed by atoms with van der Waals surface area (Å²) in [4.78, 5) is 49.3. The van der Waals surface area contributed by atoms with E-state index in [0.717, 1.165) is 43.1 Å². The number of H-pyrrole nitrogens is 1. The molecular formula is C44H59N5O7. The van der Waals surface area contributed by atoms with Crippen LogP contribution in [0, 0.1) is 23.7 Å². The minimum Gasteiger partial charge on any atom is -0.490 e. The highest BCUT2D eigenvalue weighted by molar-refractivity contribution is 5.97. The van der Waals surface area contributed by atoms with E-state index in [2.05, 4.69) is 25.9 Å². The van der Waals surface area contributed by atoms with E-state index in [1.54, 1.807) is 38.1 Å². The third-order valence-electron chi connectivity index (χ3n) is 10.9. The quantitative estimate of drug-likeness (QED) is 0.0600. The fourth-order valence-corrected chi connectivity index (χ4v) is 7.54. The van der Waals surface area contributed by atoms with Gasteiger partial charge in [0.15, 0.2) is 0 Å². The molecule has 1 aliphatic rings. The molecule has 0 bridgehead atoms. The maximum absolute atomic E-state index is 14.1. The number of aromatic nitrogens is 2. The van der Waals surface area contributed by atoms with Crippen molar-refractivity contribution in [3.8, 4) is 11.5 Å². The van der Waals surface area contributed by atoms with E-state index < -0.39 is 47.9 Å². The minimum atomic E-state index is -1.54. The fourth-order valence-electron chi connectivity index (χ4n) is 7.54. The Labute approximate surface area is 330 Å².